The number of hydrogen-bond donors (Lipinski definition) is 3. The van der Waals surface area contributed by atoms with Crippen molar-refractivity contribution in [2.45, 2.75) is 39.2 Å². The topological polar surface area (TPSA) is 111 Å². The largest absolute Gasteiger partial charge is 0.442 e. The number of halogens is 1. The van der Waals surface area contributed by atoms with E-state index in [4.69, 9.17) is 16.2 Å². The molecule has 1 aliphatic rings. The first-order valence-corrected chi connectivity index (χ1v) is 8.08. The van der Waals surface area contributed by atoms with Gasteiger partial charge in [-0.05, 0) is 56.4 Å². The van der Waals surface area contributed by atoms with E-state index >= 15 is 0 Å². The van der Waals surface area contributed by atoms with Gasteiger partial charge >= 0.3 is 6.09 Å². The van der Waals surface area contributed by atoms with E-state index in [9.17, 15) is 14.0 Å². The fraction of sp³-hybridized carbons (Fsp3) is 0.333. The molecule has 132 valence electrons. The average Bonchev–Trinajstić information content (AvgIpc) is 2.82. The zero-order valence-electron chi connectivity index (χ0n) is 14.1. The molecule has 5 N–H and O–H groups in total. The maximum Gasteiger partial charge on any atom is 0.405 e. The van der Waals surface area contributed by atoms with Crippen LogP contribution >= 0.6 is 0 Å². The molecule has 1 heterocycles. The number of aromatic amines is 1. The standard InChI is InChI=1S/C18H20FN3O3/c1-8-9(2)22-16-12(17(20)23)7-13(19)15(14(8)16)10-4-3-5-11(6-10)25-18(21)24/h6-7,11,22H,3-5H2,1-2H3,(H2,20,23)(H2,21,24). The van der Waals surface area contributed by atoms with Crippen LogP contribution in [0.2, 0.25) is 0 Å². The second-order valence-corrected chi connectivity index (χ2v) is 6.33. The van der Waals surface area contributed by atoms with Crippen molar-refractivity contribution in [3.63, 3.8) is 0 Å². The van der Waals surface area contributed by atoms with Gasteiger partial charge in [0.1, 0.15) is 11.9 Å². The molecule has 0 saturated carbocycles. The van der Waals surface area contributed by atoms with Crippen LogP contribution in [0.3, 0.4) is 0 Å². The number of aromatic nitrogens is 1. The predicted molar refractivity (Wildman–Crippen MR) is 92.5 cm³/mol. The second kappa shape index (κ2) is 6.23. The lowest BCUT2D eigenvalue weighted by molar-refractivity contribution is 0.100. The lowest BCUT2D eigenvalue weighted by Gasteiger charge is -2.22. The van der Waals surface area contributed by atoms with Gasteiger partial charge in [0, 0.05) is 16.6 Å². The Morgan fingerprint density at radius 3 is 2.68 bits per heavy atom. The number of fused-ring (bicyclic) bond motifs is 1. The third kappa shape index (κ3) is 2.97. The van der Waals surface area contributed by atoms with Gasteiger partial charge in [0.05, 0.1) is 11.1 Å². The number of nitrogens with one attached hydrogen (secondary N) is 1. The lowest BCUT2D eigenvalue weighted by atomic mass is 9.88. The van der Waals surface area contributed by atoms with E-state index in [-0.39, 0.29) is 5.56 Å². The second-order valence-electron chi connectivity index (χ2n) is 6.33. The van der Waals surface area contributed by atoms with Crippen molar-refractivity contribution in [2.75, 3.05) is 0 Å². The summed E-state index contributed by atoms with van der Waals surface area (Å²) in [5.74, 6) is -1.21. The number of aryl methyl sites for hydroxylation is 2. The summed E-state index contributed by atoms with van der Waals surface area (Å²) in [5, 5.41) is 0.636. The van der Waals surface area contributed by atoms with Crippen LogP contribution in [0.25, 0.3) is 16.5 Å². The van der Waals surface area contributed by atoms with Crippen LogP contribution in [-0.2, 0) is 4.74 Å². The quantitative estimate of drug-likeness (QED) is 0.795. The average molecular weight is 345 g/mol. The smallest absolute Gasteiger partial charge is 0.405 e. The highest BCUT2D eigenvalue weighted by atomic mass is 19.1. The molecule has 25 heavy (non-hydrogen) atoms. The van der Waals surface area contributed by atoms with Gasteiger partial charge in [-0.2, -0.15) is 0 Å². The molecule has 0 saturated heterocycles. The highest BCUT2D eigenvalue weighted by Crippen LogP contribution is 2.38. The first-order valence-electron chi connectivity index (χ1n) is 8.08. The minimum absolute atomic E-state index is 0.119. The molecule has 1 aromatic heterocycles. The molecule has 1 atom stereocenters. The number of primary amides is 2. The molecule has 0 fully saturated rings. The molecule has 6 nitrogen and oxygen atoms in total. The van der Waals surface area contributed by atoms with Crippen molar-refractivity contribution in [1.29, 1.82) is 0 Å². The van der Waals surface area contributed by atoms with Crippen molar-refractivity contribution in [3.05, 3.63) is 40.3 Å². The Hall–Kier alpha value is -2.83. The lowest BCUT2D eigenvalue weighted by Crippen LogP contribution is -2.23. The third-order valence-electron chi connectivity index (χ3n) is 4.71. The van der Waals surface area contributed by atoms with E-state index in [1.54, 1.807) is 6.08 Å². The summed E-state index contributed by atoms with van der Waals surface area (Å²) in [6.45, 7) is 3.72. The molecule has 0 aliphatic heterocycles. The number of allylic oxidation sites excluding steroid dienone is 1. The van der Waals surface area contributed by atoms with Gasteiger partial charge in [-0.15, -0.1) is 0 Å². The SMILES string of the molecule is Cc1[nH]c2c(C(N)=O)cc(F)c(C3=CC(OC(N)=O)CCC3)c2c1C. The Balaban J connectivity index is 2.24. The number of carbonyl (C=O) groups is 2. The Bertz CT molecular complexity index is 914. The molecule has 3 rings (SSSR count). The van der Waals surface area contributed by atoms with Gasteiger partial charge in [0.15, 0.2) is 0 Å². The van der Waals surface area contributed by atoms with Crippen LogP contribution < -0.4 is 11.5 Å². The summed E-state index contributed by atoms with van der Waals surface area (Å²) in [4.78, 5) is 25.8. The van der Waals surface area contributed by atoms with Gasteiger partial charge in [0.25, 0.3) is 5.91 Å². The normalized spacial score (nSPS) is 17.4. The number of benzene rings is 1. The zero-order chi connectivity index (χ0) is 18.3. The van der Waals surface area contributed by atoms with Crippen molar-refractivity contribution in [3.8, 4) is 0 Å². The number of rotatable bonds is 3. The Labute approximate surface area is 144 Å². The van der Waals surface area contributed by atoms with E-state index < -0.39 is 23.9 Å². The zero-order valence-corrected chi connectivity index (χ0v) is 14.1. The minimum atomic E-state index is -0.856. The number of nitrogens with two attached hydrogens (primary N) is 2. The summed E-state index contributed by atoms with van der Waals surface area (Å²) < 4.78 is 20.0. The molecule has 0 bridgehead atoms. The monoisotopic (exact) mass is 345 g/mol. The van der Waals surface area contributed by atoms with E-state index in [2.05, 4.69) is 4.98 Å². The van der Waals surface area contributed by atoms with Crippen molar-refractivity contribution < 1.29 is 18.7 Å². The van der Waals surface area contributed by atoms with Crippen LogP contribution in [0, 0.1) is 19.7 Å². The molecule has 7 heteroatoms. The van der Waals surface area contributed by atoms with Gasteiger partial charge in [-0.25, -0.2) is 9.18 Å². The van der Waals surface area contributed by atoms with E-state index in [0.717, 1.165) is 29.3 Å². The maximum absolute atomic E-state index is 14.9. The van der Waals surface area contributed by atoms with Crippen LogP contribution in [0.1, 0.15) is 46.4 Å². The van der Waals surface area contributed by atoms with Gasteiger partial charge in [0.2, 0.25) is 0 Å². The maximum atomic E-state index is 14.9. The number of carbonyl (C=O) groups excluding carboxylic acids is 2. The molecule has 2 aromatic rings. The fourth-order valence-electron chi connectivity index (χ4n) is 3.47. The van der Waals surface area contributed by atoms with Crippen molar-refractivity contribution in [2.24, 2.45) is 11.5 Å². The summed E-state index contributed by atoms with van der Waals surface area (Å²) in [7, 11) is 0. The summed E-state index contributed by atoms with van der Waals surface area (Å²) >= 11 is 0. The Morgan fingerprint density at radius 2 is 2.04 bits per heavy atom. The van der Waals surface area contributed by atoms with E-state index in [1.165, 1.54) is 0 Å². The molecule has 1 aromatic carbocycles. The van der Waals surface area contributed by atoms with Crippen molar-refractivity contribution in [1.82, 2.24) is 4.98 Å². The van der Waals surface area contributed by atoms with Crippen LogP contribution in [0.4, 0.5) is 9.18 Å². The first-order chi connectivity index (χ1) is 11.8. The van der Waals surface area contributed by atoms with E-state index in [0.29, 0.717) is 29.3 Å². The number of hydrogen-bond acceptors (Lipinski definition) is 3. The molecular weight excluding hydrogens is 325 g/mol. The fourth-order valence-corrected chi connectivity index (χ4v) is 3.47. The van der Waals surface area contributed by atoms with Gasteiger partial charge < -0.3 is 21.2 Å². The summed E-state index contributed by atoms with van der Waals surface area (Å²) in [5.41, 5.74) is 14.0. The first kappa shape index (κ1) is 17.0. The molecule has 1 aliphatic carbocycles. The van der Waals surface area contributed by atoms with E-state index in [1.807, 2.05) is 13.8 Å². The molecule has 0 radical (unpaired) electrons. The third-order valence-corrected chi connectivity index (χ3v) is 4.71. The van der Waals surface area contributed by atoms with Crippen LogP contribution in [0.15, 0.2) is 12.1 Å². The number of ether oxygens (including phenoxy) is 1. The molecular formula is C18H20FN3O3. The summed E-state index contributed by atoms with van der Waals surface area (Å²) in [6, 6.07) is 1.16. The molecule has 2 amide bonds. The molecule has 0 spiro atoms. The highest BCUT2D eigenvalue weighted by Gasteiger charge is 2.25. The van der Waals surface area contributed by atoms with Gasteiger partial charge in [-0.3, -0.25) is 4.79 Å². The Morgan fingerprint density at radius 1 is 1.32 bits per heavy atom. The van der Waals surface area contributed by atoms with Gasteiger partial charge in [-0.1, -0.05) is 0 Å². The highest BCUT2D eigenvalue weighted by molar-refractivity contribution is 6.09. The molecule has 1 unspecified atom stereocenters. The number of amides is 2. The van der Waals surface area contributed by atoms with Crippen LogP contribution in [-0.4, -0.2) is 23.1 Å². The summed E-state index contributed by atoms with van der Waals surface area (Å²) in [6.07, 6.45) is 2.42. The Kier molecular flexibility index (Phi) is 4.24. The minimum Gasteiger partial charge on any atom is -0.442 e. The number of H-pyrrole nitrogens is 1. The van der Waals surface area contributed by atoms with Crippen LogP contribution in [0.5, 0.6) is 0 Å². The predicted octanol–water partition coefficient (Wildman–Crippen LogP) is 3.05. The van der Waals surface area contributed by atoms with Crippen molar-refractivity contribution >= 4 is 28.5 Å².